The molecule has 0 bridgehead atoms. The number of nitrogens with two attached hydrogens (primary N) is 1. The van der Waals surface area contributed by atoms with Crippen molar-refractivity contribution in [2.75, 3.05) is 0 Å². The van der Waals surface area contributed by atoms with Crippen LogP contribution in [0.4, 0.5) is 0 Å². The quantitative estimate of drug-likeness (QED) is 0.898. The second-order valence-electron chi connectivity index (χ2n) is 5.05. The molecule has 3 heteroatoms. The Kier molecular flexibility index (Phi) is 3.53. The van der Waals surface area contributed by atoms with Gasteiger partial charge in [-0.1, -0.05) is 25.1 Å². The first kappa shape index (κ1) is 12.8. The fourth-order valence-electron chi connectivity index (χ4n) is 1.80. The third-order valence-corrected chi connectivity index (χ3v) is 3.29. The van der Waals surface area contributed by atoms with Crippen molar-refractivity contribution >= 4 is 10.8 Å². The topological polar surface area (TPSA) is 48.1 Å². The van der Waals surface area contributed by atoms with Crippen LogP contribution in [0, 0.1) is 0 Å². The normalized spacial score (nSPS) is 11.8. The van der Waals surface area contributed by atoms with Crippen molar-refractivity contribution in [2.24, 2.45) is 5.73 Å². The lowest BCUT2D eigenvalue weighted by Crippen LogP contribution is -2.27. The fraction of sp³-hybridized carbons (Fsp3) is 0.400. The largest absolute Gasteiger partial charge is 0.471 e. The van der Waals surface area contributed by atoms with Gasteiger partial charge in [0.2, 0.25) is 5.88 Å². The molecule has 3 nitrogen and oxygen atoms in total. The molecule has 2 aromatic rings. The zero-order chi connectivity index (χ0) is 13.2. The van der Waals surface area contributed by atoms with E-state index in [4.69, 9.17) is 10.5 Å². The highest BCUT2D eigenvalue weighted by Crippen LogP contribution is 2.29. The zero-order valence-electron chi connectivity index (χ0n) is 11.2. The van der Waals surface area contributed by atoms with Gasteiger partial charge in [-0.15, -0.1) is 0 Å². The van der Waals surface area contributed by atoms with Gasteiger partial charge in [0.15, 0.2) is 0 Å². The van der Waals surface area contributed by atoms with E-state index in [0.29, 0.717) is 12.4 Å². The van der Waals surface area contributed by atoms with Gasteiger partial charge in [0.1, 0.15) is 5.60 Å². The molecule has 1 aromatic carbocycles. The predicted molar refractivity (Wildman–Crippen MR) is 74.6 cm³/mol. The molecule has 1 aromatic heterocycles. The van der Waals surface area contributed by atoms with Crippen molar-refractivity contribution in [3.8, 4) is 5.88 Å². The lowest BCUT2D eigenvalue weighted by atomic mass is 10.1. The van der Waals surface area contributed by atoms with Crippen LogP contribution in [0.25, 0.3) is 10.8 Å². The molecule has 0 aliphatic carbocycles. The average molecular weight is 244 g/mol. The maximum Gasteiger partial charge on any atom is 0.221 e. The summed E-state index contributed by atoms with van der Waals surface area (Å²) in [7, 11) is 0. The van der Waals surface area contributed by atoms with Crippen LogP contribution in [0.5, 0.6) is 5.88 Å². The molecular weight excluding hydrogens is 224 g/mol. The van der Waals surface area contributed by atoms with Crippen LogP contribution in [-0.2, 0) is 6.54 Å². The number of hydrogen-bond acceptors (Lipinski definition) is 3. The minimum atomic E-state index is -0.208. The summed E-state index contributed by atoms with van der Waals surface area (Å²) in [5.74, 6) is 0.689. The van der Waals surface area contributed by atoms with E-state index >= 15 is 0 Å². The fourth-order valence-corrected chi connectivity index (χ4v) is 1.80. The van der Waals surface area contributed by atoms with Crippen LogP contribution in [0.3, 0.4) is 0 Å². The van der Waals surface area contributed by atoms with Crippen LogP contribution in [0.15, 0.2) is 30.5 Å². The Labute approximate surface area is 108 Å². The van der Waals surface area contributed by atoms with Gasteiger partial charge in [-0.3, -0.25) is 0 Å². The second-order valence-corrected chi connectivity index (χ2v) is 5.05. The molecule has 96 valence electrons. The third-order valence-electron chi connectivity index (χ3n) is 3.29. The smallest absolute Gasteiger partial charge is 0.221 e. The first-order chi connectivity index (χ1) is 8.57. The van der Waals surface area contributed by atoms with E-state index in [1.807, 2.05) is 24.4 Å². The van der Waals surface area contributed by atoms with E-state index in [9.17, 15) is 0 Å². The van der Waals surface area contributed by atoms with Crippen LogP contribution >= 0.6 is 0 Å². The van der Waals surface area contributed by atoms with E-state index in [1.165, 1.54) is 0 Å². The second kappa shape index (κ2) is 4.94. The summed E-state index contributed by atoms with van der Waals surface area (Å²) in [5.41, 5.74) is 6.58. The number of hydrogen-bond donors (Lipinski definition) is 1. The zero-order valence-corrected chi connectivity index (χ0v) is 11.2. The van der Waals surface area contributed by atoms with Gasteiger partial charge >= 0.3 is 0 Å². The van der Waals surface area contributed by atoms with Crippen molar-refractivity contribution < 1.29 is 4.74 Å². The van der Waals surface area contributed by atoms with E-state index in [-0.39, 0.29) is 5.60 Å². The monoisotopic (exact) mass is 244 g/mol. The van der Waals surface area contributed by atoms with Gasteiger partial charge < -0.3 is 10.5 Å². The predicted octanol–water partition coefficient (Wildman–Crippen LogP) is 3.26. The highest BCUT2D eigenvalue weighted by Gasteiger charge is 2.19. The first-order valence-corrected chi connectivity index (χ1v) is 6.33. The van der Waals surface area contributed by atoms with Gasteiger partial charge in [-0.25, -0.2) is 4.98 Å². The highest BCUT2D eigenvalue weighted by molar-refractivity contribution is 5.89. The van der Waals surface area contributed by atoms with E-state index in [2.05, 4.69) is 31.8 Å². The SMILES string of the molecule is CCC(C)(C)Oc1ncc(CN)c2ccccc12. The minimum absolute atomic E-state index is 0.208. The molecule has 2 N–H and O–H groups in total. The summed E-state index contributed by atoms with van der Waals surface area (Å²) in [6, 6.07) is 8.10. The van der Waals surface area contributed by atoms with Crippen LogP contribution in [0.1, 0.15) is 32.8 Å². The summed E-state index contributed by atoms with van der Waals surface area (Å²) in [5, 5.41) is 2.15. The number of nitrogens with zero attached hydrogens (tertiary/aromatic N) is 1. The number of rotatable bonds is 4. The summed E-state index contributed by atoms with van der Waals surface area (Å²) >= 11 is 0. The standard InChI is InChI=1S/C15H20N2O/c1-4-15(2,3)18-14-13-8-6-5-7-12(13)11(9-16)10-17-14/h5-8,10H,4,9,16H2,1-3H3. The number of pyridine rings is 1. The van der Waals surface area contributed by atoms with Crippen molar-refractivity contribution in [3.05, 3.63) is 36.0 Å². The van der Waals surface area contributed by atoms with Gasteiger partial charge in [0, 0.05) is 18.1 Å². The van der Waals surface area contributed by atoms with Crippen LogP contribution in [-0.4, -0.2) is 10.6 Å². The van der Waals surface area contributed by atoms with Crippen molar-refractivity contribution in [2.45, 2.75) is 39.3 Å². The van der Waals surface area contributed by atoms with Gasteiger partial charge in [-0.2, -0.15) is 0 Å². The minimum Gasteiger partial charge on any atom is -0.471 e. The molecule has 0 fully saturated rings. The lowest BCUT2D eigenvalue weighted by Gasteiger charge is -2.25. The molecule has 0 saturated carbocycles. The maximum atomic E-state index is 6.01. The van der Waals surface area contributed by atoms with E-state index in [1.54, 1.807) is 0 Å². The Balaban J connectivity index is 2.53. The molecule has 0 amide bonds. The number of aromatic nitrogens is 1. The maximum absolute atomic E-state index is 6.01. The molecule has 0 aliphatic heterocycles. The summed E-state index contributed by atoms with van der Waals surface area (Å²) in [6.07, 6.45) is 2.74. The first-order valence-electron chi connectivity index (χ1n) is 6.33. The molecule has 1 heterocycles. The third kappa shape index (κ3) is 2.46. The number of benzene rings is 1. The molecule has 0 saturated heterocycles. The number of ether oxygens (including phenoxy) is 1. The molecule has 0 unspecified atom stereocenters. The molecule has 0 atom stereocenters. The van der Waals surface area contributed by atoms with Gasteiger partial charge in [0.25, 0.3) is 0 Å². The Hall–Kier alpha value is -1.61. The Morgan fingerprint density at radius 3 is 2.50 bits per heavy atom. The number of fused-ring (bicyclic) bond motifs is 1. The van der Waals surface area contributed by atoms with E-state index in [0.717, 1.165) is 22.8 Å². The van der Waals surface area contributed by atoms with Crippen molar-refractivity contribution in [3.63, 3.8) is 0 Å². The highest BCUT2D eigenvalue weighted by atomic mass is 16.5. The Morgan fingerprint density at radius 2 is 1.89 bits per heavy atom. The molecule has 2 rings (SSSR count). The molecule has 0 spiro atoms. The van der Waals surface area contributed by atoms with E-state index < -0.39 is 0 Å². The Bertz CT molecular complexity index is 549. The van der Waals surface area contributed by atoms with Crippen LogP contribution < -0.4 is 10.5 Å². The van der Waals surface area contributed by atoms with Crippen molar-refractivity contribution in [1.82, 2.24) is 4.98 Å². The van der Waals surface area contributed by atoms with Gasteiger partial charge in [-0.05, 0) is 37.3 Å². The molecule has 18 heavy (non-hydrogen) atoms. The molecule has 0 aliphatic rings. The summed E-state index contributed by atoms with van der Waals surface area (Å²) in [4.78, 5) is 4.41. The lowest BCUT2D eigenvalue weighted by molar-refractivity contribution is 0.101. The molecule has 0 radical (unpaired) electrons. The van der Waals surface area contributed by atoms with Crippen molar-refractivity contribution in [1.29, 1.82) is 0 Å². The molecular formula is C15H20N2O. The average Bonchev–Trinajstić information content (AvgIpc) is 2.39. The Morgan fingerprint density at radius 1 is 1.22 bits per heavy atom. The van der Waals surface area contributed by atoms with Crippen LogP contribution in [0.2, 0.25) is 0 Å². The summed E-state index contributed by atoms with van der Waals surface area (Å²) in [6.45, 7) is 6.74. The van der Waals surface area contributed by atoms with Gasteiger partial charge in [0.05, 0.1) is 0 Å². The summed E-state index contributed by atoms with van der Waals surface area (Å²) < 4.78 is 6.01.